The van der Waals surface area contributed by atoms with Crippen molar-refractivity contribution in [2.45, 2.75) is 38.5 Å². The van der Waals surface area contributed by atoms with Crippen molar-refractivity contribution in [1.82, 2.24) is 0 Å². The molecule has 14 heavy (non-hydrogen) atoms. The summed E-state index contributed by atoms with van der Waals surface area (Å²) in [5, 5.41) is 0. The molecule has 1 aliphatic carbocycles. The van der Waals surface area contributed by atoms with Gasteiger partial charge in [0.2, 0.25) is 0 Å². The first-order valence-electron chi connectivity index (χ1n) is 5.53. The van der Waals surface area contributed by atoms with Gasteiger partial charge in [-0.2, -0.15) is 0 Å². The number of allylic oxidation sites excluding steroid dienone is 8. The SMILES string of the molecule is [C]1=CCCC=CCC=CCCCC=C1. The molecule has 0 unspecified atom stereocenters. The predicted molar refractivity (Wildman–Crippen MR) is 62.9 cm³/mol. The van der Waals surface area contributed by atoms with Crippen molar-refractivity contribution in [1.29, 1.82) is 0 Å². The second-order valence-corrected chi connectivity index (χ2v) is 3.46. The van der Waals surface area contributed by atoms with Gasteiger partial charge < -0.3 is 0 Å². The molecule has 0 fully saturated rings. The van der Waals surface area contributed by atoms with Crippen LogP contribution < -0.4 is 0 Å². The molecule has 1 radical (unpaired) electrons. The van der Waals surface area contributed by atoms with Gasteiger partial charge in [-0.3, -0.25) is 0 Å². The van der Waals surface area contributed by atoms with Crippen LogP contribution in [-0.4, -0.2) is 0 Å². The third-order valence-corrected chi connectivity index (χ3v) is 2.16. The minimum absolute atomic E-state index is 1.09. The molecule has 0 nitrogen and oxygen atoms in total. The molecule has 0 aromatic heterocycles. The molecular weight excluding hydrogens is 168 g/mol. The van der Waals surface area contributed by atoms with Gasteiger partial charge >= 0.3 is 0 Å². The van der Waals surface area contributed by atoms with Crippen LogP contribution in [0.5, 0.6) is 0 Å². The lowest BCUT2D eigenvalue weighted by Gasteiger charge is -1.91. The molecule has 75 valence electrons. The van der Waals surface area contributed by atoms with Crippen molar-refractivity contribution in [3.63, 3.8) is 0 Å². The predicted octanol–water partition coefficient (Wildman–Crippen LogP) is 4.37. The average molecular weight is 187 g/mol. The Hall–Kier alpha value is -1.04. The van der Waals surface area contributed by atoms with Crippen molar-refractivity contribution in [3.8, 4) is 0 Å². The fraction of sp³-hybridized carbons (Fsp3) is 0.429. The summed E-state index contributed by atoms with van der Waals surface area (Å²) < 4.78 is 0. The Morgan fingerprint density at radius 2 is 1.50 bits per heavy atom. The van der Waals surface area contributed by atoms with Crippen molar-refractivity contribution >= 4 is 0 Å². The normalized spacial score (nSPS) is 19.4. The molecule has 0 heterocycles. The highest BCUT2D eigenvalue weighted by Crippen LogP contribution is 2.01. The second-order valence-electron chi connectivity index (χ2n) is 3.46. The summed E-state index contributed by atoms with van der Waals surface area (Å²) in [6, 6.07) is 0. The maximum atomic E-state index is 3.18. The van der Waals surface area contributed by atoms with Gasteiger partial charge in [0, 0.05) is 0 Å². The molecule has 0 aromatic rings. The van der Waals surface area contributed by atoms with E-state index in [1.165, 1.54) is 19.3 Å². The number of hydrogen-bond donors (Lipinski definition) is 0. The zero-order valence-corrected chi connectivity index (χ0v) is 8.78. The minimum atomic E-state index is 1.09. The van der Waals surface area contributed by atoms with E-state index in [4.69, 9.17) is 0 Å². The van der Waals surface area contributed by atoms with Gasteiger partial charge in [0.15, 0.2) is 0 Å². The van der Waals surface area contributed by atoms with Crippen molar-refractivity contribution in [2.75, 3.05) is 0 Å². The lowest BCUT2D eigenvalue weighted by Crippen LogP contribution is -1.71. The molecule has 1 aliphatic rings. The summed E-state index contributed by atoms with van der Waals surface area (Å²) in [4.78, 5) is 0. The average Bonchev–Trinajstić information content (AvgIpc) is 2.22. The molecule has 0 spiro atoms. The van der Waals surface area contributed by atoms with Crippen LogP contribution in [0.2, 0.25) is 0 Å². The van der Waals surface area contributed by atoms with Gasteiger partial charge in [-0.1, -0.05) is 42.5 Å². The summed E-state index contributed by atoms with van der Waals surface area (Å²) in [5.74, 6) is 0. The molecule has 0 saturated heterocycles. The Labute approximate surface area is 87.7 Å². The Kier molecular flexibility index (Phi) is 6.74. The Balaban J connectivity index is 2.34. The quantitative estimate of drug-likeness (QED) is 0.494. The lowest BCUT2D eigenvalue weighted by atomic mass is 10.2. The summed E-state index contributed by atoms with van der Waals surface area (Å²) in [6.45, 7) is 0. The van der Waals surface area contributed by atoms with Gasteiger partial charge in [-0.25, -0.2) is 0 Å². The van der Waals surface area contributed by atoms with Crippen LogP contribution in [0, 0.1) is 6.08 Å². The van der Waals surface area contributed by atoms with E-state index >= 15 is 0 Å². The van der Waals surface area contributed by atoms with E-state index in [-0.39, 0.29) is 0 Å². The topological polar surface area (TPSA) is 0 Å². The first-order chi connectivity index (χ1) is 7.00. The van der Waals surface area contributed by atoms with Crippen LogP contribution in [0.25, 0.3) is 0 Å². The van der Waals surface area contributed by atoms with Crippen LogP contribution in [0.15, 0.2) is 42.5 Å². The standard InChI is InChI=1S/C14H19/c1-2-4-6-8-10-12-14-13-11-9-7-5-3-1/h1-2,5,7-8,12,14H,3-4,6,9,11,13H2. The van der Waals surface area contributed by atoms with E-state index < -0.39 is 0 Å². The van der Waals surface area contributed by atoms with Crippen LogP contribution >= 0.6 is 0 Å². The summed E-state index contributed by atoms with van der Waals surface area (Å²) in [6.07, 6.45) is 25.5. The maximum Gasteiger partial charge on any atom is -0.0169 e. The monoisotopic (exact) mass is 187 g/mol. The molecule has 0 N–H and O–H groups in total. The van der Waals surface area contributed by atoms with Gasteiger partial charge in [0.1, 0.15) is 0 Å². The molecule has 0 saturated carbocycles. The van der Waals surface area contributed by atoms with Crippen LogP contribution in [0.4, 0.5) is 0 Å². The molecule has 0 amide bonds. The Bertz CT molecular complexity index is 228. The van der Waals surface area contributed by atoms with E-state index in [1.807, 2.05) is 6.08 Å². The van der Waals surface area contributed by atoms with Gasteiger partial charge in [-0.05, 0) is 44.6 Å². The highest BCUT2D eigenvalue weighted by molar-refractivity contribution is 4.98. The number of rotatable bonds is 0. The molecular formula is C14H19. The van der Waals surface area contributed by atoms with E-state index in [9.17, 15) is 0 Å². The van der Waals surface area contributed by atoms with Gasteiger partial charge in [0.05, 0.1) is 0 Å². The van der Waals surface area contributed by atoms with Gasteiger partial charge in [-0.15, -0.1) is 0 Å². The first-order valence-corrected chi connectivity index (χ1v) is 5.53. The van der Waals surface area contributed by atoms with Crippen molar-refractivity contribution < 1.29 is 0 Å². The molecule has 1 rings (SSSR count). The smallest absolute Gasteiger partial charge is 0.0169 e. The first kappa shape index (κ1) is 11.0. The summed E-state index contributed by atoms with van der Waals surface area (Å²) >= 11 is 0. The Morgan fingerprint density at radius 3 is 2.43 bits per heavy atom. The van der Waals surface area contributed by atoms with E-state index in [2.05, 4.69) is 42.5 Å². The highest BCUT2D eigenvalue weighted by atomic mass is 13.9. The third-order valence-electron chi connectivity index (χ3n) is 2.16. The Morgan fingerprint density at radius 1 is 0.714 bits per heavy atom. The molecule has 0 heteroatoms. The van der Waals surface area contributed by atoms with Gasteiger partial charge in [0.25, 0.3) is 0 Å². The molecule has 0 aliphatic heterocycles. The fourth-order valence-corrected chi connectivity index (χ4v) is 1.34. The summed E-state index contributed by atoms with van der Waals surface area (Å²) in [5.41, 5.74) is 0. The lowest BCUT2D eigenvalue weighted by molar-refractivity contribution is 0.865. The van der Waals surface area contributed by atoms with Crippen LogP contribution in [0.1, 0.15) is 38.5 Å². The summed E-state index contributed by atoms with van der Waals surface area (Å²) in [7, 11) is 0. The highest BCUT2D eigenvalue weighted by Gasteiger charge is 1.81. The fourth-order valence-electron chi connectivity index (χ4n) is 1.34. The van der Waals surface area contributed by atoms with E-state index in [1.54, 1.807) is 0 Å². The van der Waals surface area contributed by atoms with Crippen molar-refractivity contribution in [3.05, 3.63) is 48.6 Å². The van der Waals surface area contributed by atoms with Crippen molar-refractivity contribution in [2.24, 2.45) is 0 Å². The zero-order valence-electron chi connectivity index (χ0n) is 8.78. The largest absolute Gasteiger partial charge is 0.0882 e. The third kappa shape index (κ3) is 6.47. The van der Waals surface area contributed by atoms with Crippen LogP contribution in [0.3, 0.4) is 0 Å². The maximum absolute atomic E-state index is 3.18. The van der Waals surface area contributed by atoms with Crippen LogP contribution in [-0.2, 0) is 0 Å². The van der Waals surface area contributed by atoms with E-state index in [0.29, 0.717) is 0 Å². The number of hydrogen-bond acceptors (Lipinski definition) is 0. The molecule has 0 aromatic carbocycles. The zero-order chi connectivity index (χ0) is 9.90. The van der Waals surface area contributed by atoms with E-state index in [0.717, 1.165) is 19.3 Å². The molecule has 0 atom stereocenters. The molecule has 0 bridgehead atoms. The second kappa shape index (κ2) is 8.55. The minimum Gasteiger partial charge on any atom is -0.0882 e.